The normalized spacial score (nSPS) is 12.4. The van der Waals surface area contributed by atoms with Gasteiger partial charge in [-0.3, -0.25) is 9.69 Å². The van der Waals surface area contributed by atoms with Crippen molar-refractivity contribution in [1.82, 2.24) is 10.2 Å². The van der Waals surface area contributed by atoms with Crippen molar-refractivity contribution in [1.29, 1.82) is 0 Å². The molecule has 0 spiro atoms. The zero-order valence-corrected chi connectivity index (χ0v) is 16.2. The molecule has 136 valence electrons. The number of carbonyl (C=O) groups is 1. The fraction of sp³-hybridized carbons (Fsp3) is 0.611. The molecule has 1 amide bonds. The number of hydrogen-bond acceptors (Lipinski definition) is 4. The fourth-order valence-corrected chi connectivity index (χ4v) is 3.12. The predicted molar refractivity (Wildman–Crippen MR) is 98.4 cm³/mol. The average Bonchev–Trinajstić information content (AvgIpc) is 2.56. The van der Waals surface area contributed by atoms with Crippen LogP contribution >= 0.6 is 11.6 Å². The lowest BCUT2D eigenvalue weighted by Gasteiger charge is -2.32. The zero-order valence-electron chi connectivity index (χ0n) is 15.5. The van der Waals surface area contributed by atoms with Gasteiger partial charge in [-0.05, 0) is 31.1 Å². The van der Waals surface area contributed by atoms with E-state index >= 15 is 0 Å². The number of methoxy groups -OCH3 is 2. The van der Waals surface area contributed by atoms with E-state index < -0.39 is 0 Å². The van der Waals surface area contributed by atoms with Crippen molar-refractivity contribution in [2.24, 2.45) is 5.92 Å². The predicted octanol–water partition coefficient (Wildman–Crippen LogP) is 3.45. The minimum atomic E-state index is -0.171. The lowest BCUT2D eigenvalue weighted by atomic mass is 10.0. The van der Waals surface area contributed by atoms with Crippen LogP contribution in [0.25, 0.3) is 0 Å². The molecule has 1 N–H and O–H groups in total. The first-order valence-electron chi connectivity index (χ1n) is 8.33. The van der Waals surface area contributed by atoms with Gasteiger partial charge < -0.3 is 14.8 Å². The van der Waals surface area contributed by atoms with Crippen LogP contribution in [0.3, 0.4) is 0 Å². The van der Waals surface area contributed by atoms with Crippen molar-refractivity contribution >= 4 is 17.5 Å². The Balaban J connectivity index is 2.89. The van der Waals surface area contributed by atoms with E-state index in [0.717, 1.165) is 13.1 Å². The molecule has 5 nitrogen and oxygen atoms in total. The Morgan fingerprint density at radius 3 is 2.29 bits per heavy atom. The maximum absolute atomic E-state index is 12.5. The molecule has 1 aromatic rings. The van der Waals surface area contributed by atoms with Crippen molar-refractivity contribution in [3.63, 3.8) is 0 Å². The molecule has 0 aliphatic heterocycles. The second-order valence-electron chi connectivity index (χ2n) is 5.94. The van der Waals surface area contributed by atoms with Gasteiger partial charge in [0.15, 0.2) is 11.5 Å². The average molecular weight is 357 g/mol. The highest BCUT2D eigenvalue weighted by Crippen LogP contribution is 2.35. The Hall–Kier alpha value is -1.46. The largest absolute Gasteiger partial charge is 0.493 e. The Bertz CT molecular complexity index is 545. The summed E-state index contributed by atoms with van der Waals surface area (Å²) >= 11 is 6.17. The van der Waals surface area contributed by atoms with E-state index in [4.69, 9.17) is 21.1 Å². The maximum atomic E-state index is 12.5. The Morgan fingerprint density at radius 2 is 1.83 bits per heavy atom. The molecule has 0 saturated heterocycles. The number of nitrogens with zero attached hydrogens (tertiary/aromatic N) is 1. The molecule has 0 saturated carbocycles. The quantitative estimate of drug-likeness (QED) is 0.736. The van der Waals surface area contributed by atoms with Gasteiger partial charge in [-0.1, -0.05) is 39.3 Å². The Morgan fingerprint density at radius 1 is 1.21 bits per heavy atom. The van der Waals surface area contributed by atoms with Gasteiger partial charge in [-0.25, -0.2) is 0 Å². The van der Waals surface area contributed by atoms with E-state index in [-0.39, 0.29) is 5.91 Å². The third-order valence-electron chi connectivity index (χ3n) is 4.22. The lowest BCUT2D eigenvalue weighted by Crippen LogP contribution is -2.46. The Labute approximate surface area is 150 Å². The van der Waals surface area contributed by atoms with Crippen molar-refractivity contribution < 1.29 is 14.3 Å². The van der Waals surface area contributed by atoms with E-state index in [9.17, 15) is 4.79 Å². The van der Waals surface area contributed by atoms with E-state index in [1.54, 1.807) is 12.1 Å². The van der Waals surface area contributed by atoms with Gasteiger partial charge in [-0.2, -0.15) is 0 Å². The summed E-state index contributed by atoms with van der Waals surface area (Å²) in [5, 5.41) is 3.36. The summed E-state index contributed by atoms with van der Waals surface area (Å²) in [6, 6.07) is 3.53. The van der Waals surface area contributed by atoms with Gasteiger partial charge in [0.1, 0.15) is 0 Å². The van der Waals surface area contributed by atoms with Gasteiger partial charge >= 0.3 is 0 Å². The highest BCUT2D eigenvalue weighted by atomic mass is 35.5. The molecule has 24 heavy (non-hydrogen) atoms. The third-order valence-corrected chi connectivity index (χ3v) is 4.50. The number of hydrogen-bond donors (Lipinski definition) is 1. The summed E-state index contributed by atoms with van der Waals surface area (Å²) in [6.45, 7) is 11.1. The number of rotatable bonds is 9. The van der Waals surface area contributed by atoms with Gasteiger partial charge in [0, 0.05) is 18.2 Å². The molecule has 6 heteroatoms. The highest BCUT2D eigenvalue weighted by molar-refractivity contribution is 6.32. The highest BCUT2D eigenvalue weighted by Gasteiger charge is 2.21. The van der Waals surface area contributed by atoms with Crippen molar-refractivity contribution in [2.75, 3.05) is 33.9 Å². The van der Waals surface area contributed by atoms with Crippen molar-refractivity contribution in [3.8, 4) is 11.5 Å². The minimum Gasteiger partial charge on any atom is -0.493 e. The second kappa shape index (κ2) is 9.74. The van der Waals surface area contributed by atoms with E-state index in [0.29, 0.717) is 40.6 Å². The van der Waals surface area contributed by atoms with Crippen LogP contribution in [-0.2, 0) is 0 Å². The van der Waals surface area contributed by atoms with Crippen LogP contribution in [-0.4, -0.2) is 50.7 Å². The maximum Gasteiger partial charge on any atom is 0.251 e. The van der Waals surface area contributed by atoms with Gasteiger partial charge in [0.25, 0.3) is 5.91 Å². The number of carbonyl (C=O) groups excluding carboxylic acids is 1. The van der Waals surface area contributed by atoms with E-state index in [2.05, 4.69) is 37.9 Å². The molecule has 0 aliphatic rings. The molecule has 1 unspecified atom stereocenters. The lowest BCUT2D eigenvalue weighted by molar-refractivity contribution is 0.0921. The monoisotopic (exact) mass is 356 g/mol. The molecule has 0 aromatic heterocycles. The van der Waals surface area contributed by atoms with Gasteiger partial charge in [-0.15, -0.1) is 0 Å². The van der Waals surface area contributed by atoms with Crippen molar-refractivity contribution in [2.45, 2.75) is 33.7 Å². The summed E-state index contributed by atoms with van der Waals surface area (Å²) in [5.41, 5.74) is 0.458. The fourth-order valence-electron chi connectivity index (χ4n) is 2.83. The van der Waals surface area contributed by atoms with Gasteiger partial charge in [0.05, 0.1) is 19.2 Å². The van der Waals surface area contributed by atoms with Crippen LogP contribution in [0.1, 0.15) is 38.1 Å². The SMILES string of the molecule is CCN(CC)C(CNC(=O)c1cc(Cl)c(OC)c(OC)c1)C(C)C. The summed E-state index contributed by atoms with van der Waals surface area (Å²) in [6.07, 6.45) is 0. The summed E-state index contributed by atoms with van der Waals surface area (Å²) in [4.78, 5) is 14.9. The zero-order chi connectivity index (χ0) is 18.3. The standard InChI is InChI=1S/C18H29ClN2O3/c1-7-21(8-2)15(12(3)4)11-20-18(22)13-9-14(19)17(24-6)16(10-13)23-5/h9-10,12,15H,7-8,11H2,1-6H3,(H,20,22). The number of nitrogens with one attached hydrogen (secondary N) is 1. The van der Waals surface area contributed by atoms with Crippen LogP contribution < -0.4 is 14.8 Å². The topological polar surface area (TPSA) is 50.8 Å². The smallest absolute Gasteiger partial charge is 0.251 e. The molecule has 0 heterocycles. The van der Waals surface area contributed by atoms with E-state index in [1.165, 1.54) is 14.2 Å². The second-order valence-corrected chi connectivity index (χ2v) is 6.34. The molecule has 1 atom stereocenters. The van der Waals surface area contributed by atoms with Crippen LogP contribution in [0.5, 0.6) is 11.5 Å². The third kappa shape index (κ3) is 5.02. The summed E-state index contributed by atoms with van der Waals surface area (Å²) in [5.74, 6) is 1.15. The molecule has 0 aliphatic carbocycles. The first-order chi connectivity index (χ1) is 11.4. The van der Waals surface area contributed by atoms with Crippen LogP contribution in [0.2, 0.25) is 5.02 Å². The molecular weight excluding hydrogens is 328 g/mol. The molecule has 0 radical (unpaired) electrons. The molecule has 0 fully saturated rings. The minimum absolute atomic E-state index is 0.171. The van der Waals surface area contributed by atoms with Crippen LogP contribution in [0, 0.1) is 5.92 Å². The number of benzene rings is 1. The number of ether oxygens (including phenoxy) is 2. The number of likely N-dealkylation sites (N-methyl/N-ethyl adjacent to an activating group) is 1. The molecule has 1 aromatic carbocycles. The van der Waals surface area contributed by atoms with E-state index in [1.807, 2.05) is 0 Å². The first kappa shape index (κ1) is 20.6. The molecular formula is C18H29ClN2O3. The van der Waals surface area contributed by atoms with Crippen molar-refractivity contribution in [3.05, 3.63) is 22.7 Å². The Kier molecular flexibility index (Phi) is 8.36. The van der Waals surface area contributed by atoms with Gasteiger partial charge in [0.2, 0.25) is 0 Å². The first-order valence-corrected chi connectivity index (χ1v) is 8.71. The van der Waals surface area contributed by atoms with Crippen LogP contribution in [0.4, 0.5) is 0 Å². The van der Waals surface area contributed by atoms with Crippen LogP contribution in [0.15, 0.2) is 12.1 Å². The summed E-state index contributed by atoms with van der Waals surface area (Å²) in [7, 11) is 3.03. The number of halogens is 1. The summed E-state index contributed by atoms with van der Waals surface area (Å²) < 4.78 is 10.4. The molecule has 1 rings (SSSR count). The number of amides is 1. The molecule has 0 bridgehead atoms.